The molecule has 0 aromatic heterocycles. The Balaban J connectivity index is 2.02. The molecule has 6 nitrogen and oxygen atoms in total. The molecule has 1 atom stereocenters. The number of para-hydroxylation sites is 1. The van der Waals surface area contributed by atoms with Crippen LogP contribution in [0.15, 0.2) is 42.5 Å². The zero-order valence-corrected chi connectivity index (χ0v) is 15.4. The molecule has 0 spiro atoms. The van der Waals surface area contributed by atoms with Crippen LogP contribution in [0.2, 0.25) is 5.02 Å². The van der Waals surface area contributed by atoms with Gasteiger partial charge < -0.3 is 26.2 Å². The third-order valence-corrected chi connectivity index (χ3v) is 4.04. The lowest BCUT2D eigenvalue weighted by Crippen LogP contribution is -2.40. The van der Waals surface area contributed by atoms with Crippen molar-refractivity contribution < 1.29 is 14.6 Å². The van der Waals surface area contributed by atoms with Crippen LogP contribution in [-0.2, 0) is 13.0 Å². The lowest BCUT2D eigenvalue weighted by molar-refractivity contribution is 0.168. The van der Waals surface area contributed by atoms with Gasteiger partial charge in [0.1, 0.15) is 11.5 Å². The highest BCUT2D eigenvalue weighted by atomic mass is 35.5. The number of amides is 2. The SMILES string of the molecule is CCc1ccccc1Oc1ccc(Cl)cc1CNCC(O)CNC(N)=O. The van der Waals surface area contributed by atoms with Crippen molar-refractivity contribution in [2.24, 2.45) is 5.73 Å². The molecule has 0 aliphatic heterocycles. The van der Waals surface area contributed by atoms with E-state index in [0.717, 1.165) is 23.3 Å². The zero-order valence-electron chi connectivity index (χ0n) is 14.7. The molecule has 2 aromatic rings. The zero-order chi connectivity index (χ0) is 18.9. The van der Waals surface area contributed by atoms with Crippen LogP contribution in [0, 0.1) is 0 Å². The van der Waals surface area contributed by atoms with Crippen molar-refractivity contribution >= 4 is 17.6 Å². The predicted octanol–water partition coefficient (Wildman–Crippen LogP) is 2.81. The number of primary amides is 1. The monoisotopic (exact) mass is 377 g/mol. The van der Waals surface area contributed by atoms with Crippen molar-refractivity contribution in [3.63, 3.8) is 0 Å². The largest absolute Gasteiger partial charge is 0.457 e. The molecule has 0 saturated carbocycles. The fourth-order valence-electron chi connectivity index (χ4n) is 2.46. The number of hydrogen-bond acceptors (Lipinski definition) is 4. The van der Waals surface area contributed by atoms with Gasteiger partial charge in [-0.1, -0.05) is 36.7 Å². The van der Waals surface area contributed by atoms with Crippen molar-refractivity contribution in [1.82, 2.24) is 10.6 Å². The van der Waals surface area contributed by atoms with Gasteiger partial charge in [0.25, 0.3) is 0 Å². The Bertz CT molecular complexity index is 740. The second-order valence-electron chi connectivity index (χ2n) is 5.85. The Labute approximate surface area is 158 Å². The Morgan fingerprint density at radius 1 is 1.19 bits per heavy atom. The molecule has 1 unspecified atom stereocenters. The van der Waals surface area contributed by atoms with Gasteiger partial charge in [0.05, 0.1) is 6.10 Å². The number of nitrogens with two attached hydrogens (primary N) is 1. The maximum absolute atomic E-state index is 10.7. The van der Waals surface area contributed by atoms with Gasteiger partial charge in [-0.2, -0.15) is 0 Å². The van der Waals surface area contributed by atoms with Crippen molar-refractivity contribution in [3.05, 3.63) is 58.6 Å². The van der Waals surface area contributed by atoms with E-state index in [1.165, 1.54) is 0 Å². The molecule has 26 heavy (non-hydrogen) atoms. The van der Waals surface area contributed by atoms with E-state index >= 15 is 0 Å². The molecule has 7 heteroatoms. The molecule has 5 N–H and O–H groups in total. The molecule has 2 amide bonds. The number of aliphatic hydroxyl groups is 1. The average molecular weight is 378 g/mol. The number of carbonyl (C=O) groups excluding carboxylic acids is 1. The van der Waals surface area contributed by atoms with Gasteiger partial charge in [-0.3, -0.25) is 0 Å². The summed E-state index contributed by atoms with van der Waals surface area (Å²) in [6.07, 6.45) is 0.128. The van der Waals surface area contributed by atoms with E-state index in [2.05, 4.69) is 17.6 Å². The maximum atomic E-state index is 10.7. The molecule has 2 rings (SSSR count). The first-order chi connectivity index (χ1) is 12.5. The summed E-state index contributed by atoms with van der Waals surface area (Å²) >= 11 is 6.11. The number of aryl methyl sites for hydroxylation is 1. The molecular formula is C19H24ClN3O3. The van der Waals surface area contributed by atoms with Crippen LogP contribution in [-0.4, -0.2) is 30.3 Å². The molecule has 0 bridgehead atoms. The summed E-state index contributed by atoms with van der Waals surface area (Å²) in [5, 5.41) is 15.9. The first kappa shape index (κ1) is 20.0. The second kappa shape index (κ2) is 10.0. The number of benzene rings is 2. The minimum absolute atomic E-state index is 0.0884. The van der Waals surface area contributed by atoms with Gasteiger partial charge >= 0.3 is 6.03 Å². The smallest absolute Gasteiger partial charge is 0.312 e. The quantitative estimate of drug-likeness (QED) is 0.540. The van der Waals surface area contributed by atoms with Crippen molar-refractivity contribution in [1.29, 1.82) is 0 Å². The molecular weight excluding hydrogens is 354 g/mol. The van der Waals surface area contributed by atoms with E-state index in [1.54, 1.807) is 6.07 Å². The van der Waals surface area contributed by atoms with Crippen LogP contribution in [0.1, 0.15) is 18.1 Å². The molecule has 0 fully saturated rings. The van der Waals surface area contributed by atoms with E-state index in [1.807, 2.05) is 36.4 Å². The van der Waals surface area contributed by atoms with Crippen LogP contribution in [0.5, 0.6) is 11.5 Å². The molecule has 0 radical (unpaired) electrons. The number of aliphatic hydroxyl groups excluding tert-OH is 1. The highest BCUT2D eigenvalue weighted by molar-refractivity contribution is 6.30. The van der Waals surface area contributed by atoms with Gasteiger partial charge in [0.2, 0.25) is 0 Å². The molecule has 0 saturated heterocycles. The molecule has 2 aromatic carbocycles. The second-order valence-corrected chi connectivity index (χ2v) is 6.28. The van der Waals surface area contributed by atoms with Gasteiger partial charge in [0, 0.05) is 30.2 Å². The van der Waals surface area contributed by atoms with Gasteiger partial charge in [-0.15, -0.1) is 0 Å². The number of halogens is 1. The first-order valence-electron chi connectivity index (χ1n) is 8.45. The Morgan fingerprint density at radius 3 is 2.65 bits per heavy atom. The fourth-order valence-corrected chi connectivity index (χ4v) is 2.66. The van der Waals surface area contributed by atoms with E-state index in [0.29, 0.717) is 17.3 Å². The van der Waals surface area contributed by atoms with Crippen LogP contribution in [0.25, 0.3) is 0 Å². The maximum Gasteiger partial charge on any atom is 0.312 e. The number of carbonyl (C=O) groups is 1. The number of hydrogen-bond donors (Lipinski definition) is 4. The summed E-state index contributed by atoms with van der Waals surface area (Å²) in [7, 11) is 0. The van der Waals surface area contributed by atoms with Gasteiger partial charge in [-0.25, -0.2) is 4.79 Å². The fraction of sp³-hybridized carbons (Fsp3) is 0.316. The molecule has 0 aliphatic carbocycles. The van der Waals surface area contributed by atoms with Gasteiger partial charge in [0.15, 0.2) is 0 Å². The summed E-state index contributed by atoms with van der Waals surface area (Å²) in [5.74, 6) is 1.51. The van der Waals surface area contributed by atoms with Crippen LogP contribution in [0.3, 0.4) is 0 Å². The van der Waals surface area contributed by atoms with Crippen LogP contribution in [0.4, 0.5) is 4.79 Å². The minimum Gasteiger partial charge on any atom is -0.457 e. The highest BCUT2D eigenvalue weighted by Crippen LogP contribution is 2.30. The van der Waals surface area contributed by atoms with E-state index in [-0.39, 0.29) is 13.1 Å². The Hall–Kier alpha value is -2.28. The summed E-state index contributed by atoms with van der Waals surface area (Å²) < 4.78 is 6.09. The topological polar surface area (TPSA) is 96.6 Å². The number of urea groups is 1. The summed E-state index contributed by atoms with van der Waals surface area (Å²) in [6.45, 7) is 2.91. The van der Waals surface area contributed by atoms with Gasteiger partial charge in [-0.05, 0) is 36.2 Å². The van der Waals surface area contributed by atoms with Crippen molar-refractivity contribution in [2.75, 3.05) is 13.1 Å². The van der Waals surface area contributed by atoms with E-state index < -0.39 is 12.1 Å². The average Bonchev–Trinajstić information content (AvgIpc) is 2.62. The molecule has 0 aliphatic rings. The Morgan fingerprint density at radius 2 is 1.92 bits per heavy atom. The predicted molar refractivity (Wildman–Crippen MR) is 103 cm³/mol. The lowest BCUT2D eigenvalue weighted by Gasteiger charge is -2.16. The third-order valence-electron chi connectivity index (χ3n) is 3.80. The molecule has 0 heterocycles. The summed E-state index contributed by atoms with van der Waals surface area (Å²) in [4.78, 5) is 10.7. The highest BCUT2D eigenvalue weighted by Gasteiger charge is 2.10. The Kier molecular flexibility index (Phi) is 7.72. The van der Waals surface area contributed by atoms with E-state index in [4.69, 9.17) is 22.1 Å². The van der Waals surface area contributed by atoms with Crippen molar-refractivity contribution in [2.45, 2.75) is 26.0 Å². The van der Waals surface area contributed by atoms with E-state index in [9.17, 15) is 9.90 Å². The number of nitrogens with one attached hydrogen (secondary N) is 2. The minimum atomic E-state index is -0.744. The normalized spacial score (nSPS) is 11.8. The summed E-state index contributed by atoms with van der Waals surface area (Å²) in [6, 6.07) is 12.7. The number of ether oxygens (including phenoxy) is 1. The summed E-state index contributed by atoms with van der Waals surface area (Å²) in [5.41, 5.74) is 6.97. The lowest BCUT2D eigenvalue weighted by atomic mass is 10.1. The third kappa shape index (κ3) is 6.22. The standard InChI is InChI=1S/C19H24ClN3O3/c1-2-13-5-3-4-6-17(13)26-18-8-7-15(20)9-14(18)10-22-11-16(24)12-23-19(21)25/h3-9,16,22,24H,2,10-12H2,1H3,(H3,21,23,25). The van der Waals surface area contributed by atoms with Crippen LogP contribution >= 0.6 is 11.6 Å². The number of rotatable bonds is 9. The van der Waals surface area contributed by atoms with Crippen molar-refractivity contribution in [3.8, 4) is 11.5 Å². The molecule has 140 valence electrons. The van der Waals surface area contributed by atoms with Crippen LogP contribution < -0.4 is 21.1 Å². The first-order valence-corrected chi connectivity index (χ1v) is 8.83.